The molecule has 1 amide bonds. The molecule has 0 radical (unpaired) electrons. The van der Waals surface area contributed by atoms with Crippen molar-refractivity contribution in [3.63, 3.8) is 0 Å². The van der Waals surface area contributed by atoms with E-state index in [9.17, 15) is 4.79 Å². The largest absolute Gasteiger partial charge is 0.343 e. The van der Waals surface area contributed by atoms with Crippen molar-refractivity contribution >= 4 is 5.91 Å². The highest BCUT2D eigenvalue weighted by Gasteiger charge is 2.33. The number of rotatable bonds is 7. The molecule has 1 aliphatic rings. The summed E-state index contributed by atoms with van der Waals surface area (Å²) in [5, 5.41) is 0. The van der Waals surface area contributed by atoms with Crippen LogP contribution in [0.1, 0.15) is 52.9 Å². The number of carbonyl (C=O) groups excluding carboxylic acids is 1. The van der Waals surface area contributed by atoms with E-state index in [4.69, 9.17) is 5.73 Å². The van der Waals surface area contributed by atoms with Gasteiger partial charge in [0.2, 0.25) is 5.91 Å². The summed E-state index contributed by atoms with van der Waals surface area (Å²) >= 11 is 0. The Bertz CT molecular complexity index is 249. The fourth-order valence-corrected chi connectivity index (χ4v) is 2.31. The van der Waals surface area contributed by atoms with E-state index in [1.807, 2.05) is 25.8 Å². The van der Waals surface area contributed by atoms with Crippen molar-refractivity contribution in [1.82, 2.24) is 4.90 Å². The van der Waals surface area contributed by atoms with Gasteiger partial charge in [0, 0.05) is 25.0 Å². The van der Waals surface area contributed by atoms with Crippen molar-refractivity contribution in [3.8, 4) is 0 Å². The molecular weight excluding hydrogens is 212 g/mol. The van der Waals surface area contributed by atoms with Crippen molar-refractivity contribution in [3.05, 3.63) is 0 Å². The first-order chi connectivity index (χ1) is 7.93. The number of amides is 1. The van der Waals surface area contributed by atoms with Crippen molar-refractivity contribution in [2.75, 3.05) is 7.05 Å². The number of hydrogen-bond donors (Lipinski definition) is 1. The Morgan fingerprint density at radius 1 is 1.29 bits per heavy atom. The van der Waals surface area contributed by atoms with Crippen LogP contribution >= 0.6 is 0 Å². The van der Waals surface area contributed by atoms with Crippen molar-refractivity contribution < 1.29 is 4.79 Å². The summed E-state index contributed by atoms with van der Waals surface area (Å²) in [5.74, 6) is 1.19. The highest BCUT2D eigenvalue weighted by atomic mass is 16.2. The molecule has 3 unspecified atom stereocenters. The molecule has 17 heavy (non-hydrogen) atoms. The third kappa shape index (κ3) is 4.66. The molecule has 3 heteroatoms. The molecule has 0 aromatic heterocycles. The van der Waals surface area contributed by atoms with Gasteiger partial charge in [-0.1, -0.05) is 13.3 Å². The van der Waals surface area contributed by atoms with Crippen LogP contribution in [-0.4, -0.2) is 29.9 Å². The zero-order valence-corrected chi connectivity index (χ0v) is 11.8. The predicted molar refractivity (Wildman–Crippen MR) is 71.6 cm³/mol. The Kier molecular flexibility index (Phi) is 5.44. The topological polar surface area (TPSA) is 46.3 Å². The minimum atomic E-state index is 0.139. The Balaban J connectivity index is 2.29. The van der Waals surface area contributed by atoms with Crippen LogP contribution in [0.3, 0.4) is 0 Å². The number of nitrogens with two attached hydrogens (primary N) is 1. The molecular formula is C14H28N2O. The summed E-state index contributed by atoms with van der Waals surface area (Å²) < 4.78 is 0. The minimum Gasteiger partial charge on any atom is -0.343 e. The van der Waals surface area contributed by atoms with Gasteiger partial charge in [-0.3, -0.25) is 4.79 Å². The van der Waals surface area contributed by atoms with Gasteiger partial charge in [-0.15, -0.1) is 0 Å². The van der Waals surface area contributed by atoms with Crippen LogP contribution in [0.5, 0.6) is 0 Å². The number of carbonyl (C=O) groups is 1. The molecule has 0 aromatic rings. The Morgan fingerprint density at radius 2 is 1.88 bits per heavy atom. The van der Waals surface area contributed by atoms with Crippen molar-refractivity contribution in [2.45, 2.75) is 65.0 Å². The van der Waals surface area contributed by atoms with Crippen LogP contribution in [0, 0.1) is 11.8 Å². The summed E-state index contributed by atoms with van der Waals surface area (Å²) in [7, 11) is 1.95. The molecule has 100 valence electrons. The van der Waals surface area contributed by atoms with Crippen LogP contribution in [0.4, 0.5) is 0 Å². The Labute approximate surface area is 106 Å². The van der Waals surface area contributed by atoms with E-state index in [2.05, 4.69) is 6.92 Å². The monoisotopic (exact) mass is 240 g/mol. The molecule has 1 aliphatic carbocycles. The second-order valence-corrected chi connectivity index (χ2v) is 5.84. The zero-order chi connectivity index (χ0) is 13.0. The van der Waals surface area contributed by atoms with E-state index in [0.717, 1.165) is 25.2 Å². The van der Waals surface area contributed by atoms with Crippen molar-refractivity contribution in [1.29, 1.82) is 0 Å². The van der Waals surface area contributed by atoms with Gasteiger partial charge in [0.05, 0.1) is 0 Å². The first-order valence-corrected chi connectivity index (χ1v) is 6.95. The maximum absolute atomic E-state index is 12.2. The Morgan fingerprint density at radius 3 is 2.35 bits per heavy atom. The molecule has 3 nitrogen and oxygen atoms in total. The summed E-state index contributed by atoms with van der Waals surface area (Å²) in [6.45, 7) is 6.23. The second-order valence-electron chi connectivity index (χ2n) is 5.84. The number of nitrogens with zero attached hydrogens (tertiary/aromatic N) is 1. The first-order valence-electron chi connectivity index (χ1n) is 6.95. The van der Waals surface area contributed by atoms with Crippen LogP contribution in [0.2, 0.25) is 0 Å². The van der Waals surface area contributed by atoms with Gasteiger partial charge in [0.25, 0.3) is 0 Å². The van der Waals surface area contributed by atoms with E-state index in [0.29, 0.717) is 11.9 Å². The SMILES string of the molecule is CC(N)CCCC(C)C(=O)N(C)C(C)C1CC1. The fraction of sp³-hybridized carbons (Fsp3) is 0.929. The van der Waals surface area contributed by atoms with E-state index in [-0.39, 0.29) is 12.0 Å². The lowest BCUT2D eigenvalue weighted by Gasteiger charge is -2.27. The maximum atomic E-state index is 12.2. The minimum absolute atomic E-state index is 0.139. The van der Waals surface area contributed by atoms with E-state index < -0.39 is 0 Å². The van der Waals surface area contributed by atoms with E-state index in [1.165, 1.54) is 12.8 Å². The molecule has 0 spiro atoms. The molecule has 0 bridgehead atoms. The van der Waals surface area contributed by atoms with Crippen LogP contribution in [-0.2, 0) is 4.79 Å². The standard InChI is InChI=1S/C14H28N2O/c1-10(6-5-7-11(2)15)14(17)16(4)12(3)13-8-9-13/h10-13H,5-9,15H2,1-4H3. The lowest BCUT2D eigenvalue weighted by molar-refractivity contribution is -0.136. The number of hydrogen-bond acceptors (Lipinski definition) is 2. The summed E-state index contributed by atoms with van der Waals surface area (Å²) in [6.07, 6.45) is 5.60. The first kappa shape index (κ1) is 14.5. The Hall–Kier alpha value is -0.570. The van der Waals surface area contributed by atoms with Gasteiger partial charge in [0.1, 0.15) is 0 Å². The van der Waals surface area contributed by atoms with Crippen LogP contribution in [0.25, 0.3) is 0 Å². The normalized spacial score (nSPS) is 20.8. The van der Waals surface area contributed by atoms with Gasteiger partial charge >= 0.3 is 0 Å². The summed E-state index contributed by atoms with van der Waals surface area (Å²) in [4.78, 5) is 14.1. The molecule has 0 heterocycles. The lowest BCUT2D eigenvalue weighted by atomic mass is 10.00. The van der Waals surface area contributed by atoms with Crippen LogP contribution < -0.4 is 5.73 Å². The molecule has 0 saturated heterocycles. The maximum Gasteiger partial charge on any atom is 0.225 e. The van der Waals surface area contributed by atoms with Gasteiger partial charge in [-0.05, 0) is 45.4 Å². The highest BCUT2D eigenvalue weighted by molar-refractivity contribution is 5.78. The molecule has 1 rings (SSSR count). The predicted octanol–water partition coefficient (Wildman–Crippen LogP) is 2.40. The fourth-order valence-electron chi connectivity index (χ4n) is 2.31. The van der Waals surface area contributed by atoms with Gasteiger partial charge in [-0.2, -0.15) is 0 Å². The third-order valence-electron chi connectivity index (χ3n) is 3.98. The van der Waals surface area contributed by atoms with E-state index in [1.54, 1.807) is 0 Å². The average molecular weight is 240 g/mol. The zero-order valence-electron chi connectivity index (χ0n) is 11.8. The molecule has 1 fully saturated rings. The molecule has 2 N–H and O–H groups in total. The van der Waals surface area contributed by atoms with E-state index >= 15 is 0 Å². The highest BCUT2D eigenvalue weighted by Crippen LogP contribution is 2.35. The third-order valence-corrected chi connectivity index (χ3v) is 3.98. The van der Waals surface area contributed by atoms with Crippen molar-refractivity contribution in [2.24, 2.45) is 17.6 Å². The van der Waals surface area contributed by atoms with Gasteiger partial charge in [0.15, 0.2) is 0 Å². The van der Waals surface area contributed by atoms with Gasteiger partial charge < -0.3 is 10.6 Å². The quantitative estimate of drug-likeness (QED) is 0.742. The molecule has 1 saturated carbocycles. The van der Waals surface area contributed by atoms with Gasteiger partial charge in [-0.25, -0.2) is 0 Å². The van der Waals surface area contributed by atoms with Crippen LogP contribution in [0.15, 0.2) is 0 Å². The second kappa shape index (κ2) is 6.39. The average Bonchev–Trinajstić information content (AvgIpc) is 3.09. The molecule has 0 aromatic carbocycles. The summed E-state index contributed by atoms with van der Waals surface area (Å²) in [5.41, 5.74) is 5.72. The molecule has 3 atom stereocenters. The lowest BCUT2D eigenvalue weighted by Crippen LogP contribution is -2.39. The smallest absolute Gasteiger partial charge is 0.225 e. The molecule has 0 aliphatic heterocycles. The summed E-state index contributed by atoms with van der Waals surface area (Å²) in [6, 6.07) is 0.666.